The average molecular weight is 276 g/mol. The molecule has 3 aromatic carbocycles. The van der Waals surface area contributed by atoms with E-state index in [2.05, 4.69) is 43.3 Å². The van der Waals surface area contributed by atoms with Gasteiger partial charge in [0.2, 0.25) is 0 Å². The fraction of sp³-hybridized carbons (Fsp3) is 0.250. The van der Waals surface area contributed by atoms with Gasteiger partial charge in [0.25, 0.3) is 0 Å². The van der Waals surface area contributed by atoms with E-state index >= 15 is 0 Å². The Balaban J connectivity index is 1.95. The average Bonchev–Trinajstić information content (AvgIpc) is 2.52. The summed E-state index contributed by atoms with van der Waals surface area (Å²) in [6.07, 6.45) is 3.93. The molecule has 0 fully saturated rings. The van der Waals surface area contributed by atoms with Gasteiger partial charge in [0, 0.05) is 12.0 Å². The highest BCUT2D eigenvalue weighted by atomic mass is 16.1. The molecule has 0 radical (unpaired) electrons. The highest BCUT2D eigenvalue weighted by Crippen LogP contribution is 2.24. The third-order valence-corrected chi connectivity index (χ3v) is 4.03. The molecule has 0 amide bonds. The van der Waals surface area contributed by atoms with Gasteiger partial charge in [-0.15, -0.1) is 0 Å². The molecule has 0 saturated heterocycles. The first-order valence-electron chi connectivity index (χ1n) is 7.73. The van der Waals surface area contributed by atoms with Crippen molar-refractivity contribution in [1.29, 1.82) is 0 Å². The van der Waals surface area contributed by atoms with Crippen LogP contribution in [0.1, 0.15) is 43.0 Å². The van der Waals surface area contributed by atoms with Crippen LogP contribution in [0.4, 0.5) is 0 Å². The van der Waals surface area contributed by atoms with Gasteiger partial charge < -0.3 is 0 Å². The highest BCUT2D eigenvalue weighted by Gasteiger charge is 2.07. The molecule has 3 rings (SSSR count). The van der Waals surface area contributed by atoms with Gasteiger partial charge in [-0.1, -0.05) is 56.2 Å². The lowest BCUT2D eigenvalue weighted by atomic mass is 9.98. The summed E-state index contributed by atoms with van der Waals surface area (Å²) in [7, 11) is 0. The highest BCUT2D eigenvalue weighted by molar-refractivity contribution is 6.03. The van der Waals surface area contributed by atoms with Crippen molar-refractivity contribution in [2.24, 2.45) is 0 Å². The van der Waals surface area contributed by atoms with Gasteiger partial charge >= 0.3 is 0 Å². The summed E-state index contributed by atoms with van der Waals surface area (Å²) in [5, 5.41) is 4.81. The smallest absolute Gasteiger partial charge is 0.162 e. The van der Waals surface area contributed by atoms with Crippen molar-refractivity contribution < 1.29 is 4.79 Å². The minimum absolute atomic E-state index is 0.263. The van der Waals surface area contributed by atoms with Crippen molar-refractivity contribution in [2.75, 3.05) is 0 Å². The van der Waals surface area contributed by atoms with E-state index in [1.54, 1.807) is 0 Å². The van der Waals surface area contributed by atoms with E-state index in [1.165, 1.54) is 16.2 Å². The molecule has 0 atom stereocenters. The van der Waals surface area contributed by atoms with E-state index in [0.29, 0.717) is 6.42 Å². The van der Waals surface area contributed by atoms with Crippen molar-refractivity contribution in [2.45, 2.75) is 32.6 Å². The van der Waals surface area contributed by atoms with Crippen LogP contribution in [0.25, 0.3) is 21.5 Å². The van der Waals surface area contributed by atoms with Crippen LogP contribution in [0.2, 0.25) is 0 Å². The van der Waals surface area contributed by atoms with Crippen LogP contribution in [-0.4, -0.2) is 5.78 Å². The second-order valence-electron chi connectivity index (χ2n) is 5.64. The van der Waals surface area contributed by atoms with Crippen molar-refractivity contribution in [1.82, 2.24) is 0 Å². The number of ketones is 1. The third-order valence-electron chi connectivity index (χ3n) is 4.03. The van der Waals surface area contributed by atoms with E-state index in [4.69, 9.17) is 0 Å². The van der Waals surface area contributed by atoms with Crippen molar-refractivity contribution in [3.8, 4) is 0 Å². The zero-order valence-electron chi connectivity index (χ0n) is 12.4. The Morgan fingerprint density at radius 1 is 0.810 bits per heavy atom. The number of hydrogen-bond acceptors (Lipinski definition) is 1. The molecule has 0 N–H and O–H groups in total. The fourth-order valence-corrected chi connectivity index (χ4v) is 2.79. The molecule has 0 unspecified atom stereocenters. The number of unbranched alkanes of at least 4 members (excludes halogenated alkanes) is 2. The summed E-state index contributed by atoms with van der Waals surface area (Å²) < 4.78 is 0. The zero-order valence-corrected chi connectivity index (χ0v) is 12.4. The topological polar surface area (TPSA) is 17.1 Å². The number of fused-ring (bicyclic) bond motifs is 2. The maximum Gasteiger partial charge on any atom is 0.162 e. The van der Waals surface area contributed by atoms with Gasteiger partial charge in [0.15, 0.2) is 5.78 Å². The van der Waals surface area contributed by atoms with Crippen LogP contribution in [0.3, 0.4) is 0 Å². The van der Waals surface area contributed by atoms with Crippen LogP contribution < -0.4 is 0 Å². The Bertz CT molecular complexity index is 786. The molecule has 0 aromatic heterocycles. The van der Waals surface area contributed by atoms with Gasteiger partial charge in [-0.3, -0.25) is 4.79 Å². The van der Waals surface area contributed by atoms with Gasteiger partial charge in [0.1, 0.15) is 0 Å². The molecule has 3 aromatic rings. The normalized spacial score (nSPS) is 11.1. The summed E-state index contributed by atoms with van der Waals surface area (Å²) in [4.78, 5) is 12.2. The van der Waals surface area contributed by atoms with E-state index in [-0.39, 0.29) is 5.78 Å². The minimum atomic E-state index is 0.263. The first kappa shape index (κ1) is 13.8. The van der Waals surface area contributed by atoms with Gasteiger partial charge in [-0.05, 0) is 46.2 Å². The second kappa shape index (κ2) is 6.09. The quantitative estimate of drug-likeness (QED) is 0.329. The molecular weight excluding hydrogens is 256 g/mol. The first-order chi connectivity index (χ1) is 10.3. The van der Waals surface area contributed by atoms with Crippen LogP contribution in [-0.2, 0) is 0 Å². The lowest BCUT2D eigenvalue weighted by molar-refractivity contribution is 0.0979. The maximum absolute atomic E-state index is 12.2. The molecular formula is C20H20O. The number of rotatable bonds is 5. The van der Waals surface area contributed by atoms with Gasteiger partial charge in [0.05, 0.1) is 0 Å². The Hall–Kier alpha value is -2.15. The van der Waals surface area contributed by atoms with Crippen LogP contribution in [0.5, 0.6) is 0 Å². The van der Waals surface area contributed by atoms with Gasteiger partial charge in [-0.25, -0.2) is 0 Å². The van der Waals surface area contributed by atoms with Crippen molar-refractivity contribution in [3.05, 3.63) is 60.2 Å². The zero-order chi connectivity index (χ0) is 14.7. The van der Waals surface area contributed by atoms with Crippen LogP contribution in [0.15, 0.2) is 54.6 Å². The van der Waals surface area contributed by atoms with Crippen molar-refractivity contribution >= 4 is 27.3 Å². The van der Waals surface area contributed by atoms with E-state index in [0.717, 1.165) is 30.2 Å². The number of carbonyl (C=O) groups is 1. The number of carbonyl (C=O) groups excluding carboxylic acids is 1. The summed E-state index contributed by atoms with van der Waals surface area (Å²) in [6, 6.07) is 18.8. The van der Waals surface area contributed by atoms with E-state index < -0.39 is 0 Å². The molecule has 0 saturated carbocycles. The monoisotopic (exact) mass is 276 g/mol. The summed E-state index contributed by atoms with van der Waals surface area (Å²) in [5.74, 6) is 0.263. The maximum atomic E-state index is 12.2. The molecule has 21 heavy (non-hydrogen) atoms. The molecule has 0 aliphatic carbocycles. The van der Waals surface area contributed by atoms with Crippen LogP contribution >= 0.6 is 0 Å². The number of benzene rings is 3. The molecule has 0 bridgehead atoms. The van der Waals surface area contributed by atoms with E-state index in [9.17, 15) is 4.79 Å². The Morgan fingerprint density at radius 2 is 1.48 bits per heavy atom. The largest absolute Gasteiger partial charge is 0.294 e. The van der Waals surface area contributed by atoms with E-state index in [1.807, 2.05) is 18.2 Å². The Labute approximate surface area is 125 Å². The molecule has 0 aliphatic heterocycles. The first-order valence-corrected chi connectivity index (χ1v) is 7.73. The summed E-state index contributed by atoms with van der Waals surface area (Å²) >= 11 is 0. The second-order valence-corrected chi connectivity index (χ2v) is 5.64. The SMILES string of the molecule is CCCCCC(=O)c1ccc2cc3ccccc3cc2c1. The molecule has 1 nitrogen and oxygen atoms in total. The molecule has 0 heterocycles. The standard InChI is InChI=1S/C20H20O/c1-2-3-4-9-20(21)18-11-10-17-12-15-7-5-6-8-16(15)13-19(17)14-18/h5-8,10-14H,2-4,9H2,1H3. The lowest BCUT2D eigenvalue weighted by Crippen LogP contribution is -1.98. The third kappa shape index (κ3) is 2.97. The molecule has 1 heteroatoms. The van der Waals surface area contributed by atoms with Gasteiger partial charge in [-0.2, -0.15) is 0 Å². The summed E-state index contributed by atoms with van der Waals surface area (Å²) in [6.45, 7) is 2.16. The fourth-order valence-electron chi connectivity index (χ4n) is 2.79. The van der Waals surface area contributed by atoms with Crippen molar-refractivity contribution in [3.63, 3.8) is 0 Å². The number of hydrogen-bond donors (Lipinski definition) is 0. The lowest BCUT2D eigenvalue weighted by Gasteiger charge is -2.05. The minimum Gasteiger partial charge on any atom is -0.294 e. The summed E-state index contributed by atoms with van der Waals surface area (Å²) in [5.41, 5.74) is 0.842. The Kier molecular flexibility index (Phi) is 4.01. The van der Waals surface area contributed by atoms with Crippen LogP contribution in [0, 0.1) is 0 Å². The predicted octanol–water partition coefficient (Wildman–Crippen LogP) is 5.76. The molecule has 106 valence electrons. The Morgan fingerprint density at radius 3 is 2.19 bits per heavy atom. The number of Topliss-reactive ketones (excluding diaryl/α,β-unsaturated/α-hetero) is 1. The molecule has 0 spiro atoms. The molecule has 0 aliphatic rings. The predicted molar refractivity (Wildman–Crippen MR) is 89.9 cm³/mol.